The monoisotopic (exact) mass is 278 g/mol. The molecule has 5 heteroatoms. The minimum atomic E-state index is -0.537. The average Bonchev–Trinajstić information content (AvgIpc) is 3.08. The summed E-state index contributed by atoms with van der Waals surface area (Å²) >= 11 is 0. The van der Waals surface area contributed by atoms with Gasteiger partial charge in [-0.25, -0.2) is 4.79 Å². The lowest BCUT2D eigenvalue weighted by Gasteiger charge is -2.20. The highest BCUT2D eigenvalue weighted by molar-refractivity contribution is 5.85. The lowest BCUT2D eigenvalue weighted by Crippen LogP contribution is -2.27. The maximum absolute atomic E-state index is 11.7. The molecule has 5 nitrogen and oxygen atoms in total. The molecule has 0 aromatic heterocycles. The molecule has 0 saturated heterocycles. The zero-order valence-corrected chi connectivity index (χ0v) is 12.1. The first-order valence-corrected chi connectivity index (χ1v) is 6.83. The molecule has 1 aromatic rings. The largest absolute Gasteiger partial charge is 0.508 e. The molecular weight excluding hydrogens is 256 g/mol. The van der Waals surface area contributed by atoms with Crippen molar-refractivity contribution >= 4 is 11.8 Å². The first kappa shape index (κ1) is 14.7. The summed E-state index contributed by atoms with van der Waals surface area (Å²) in [5.41, 5.74) is 6.55. The highest BCUT2D eigenvalue weighted by Gasteiger charge is 2.38. The van der Waals surface area contributed by atoms with Crippen LogP contribution in [0.4, 0.5) is 10.5 Å². The first-order chi connectivity index (χ1) is 9.30. The number of nitrogens with one attached hydrogen (secondary N) is 1. The number of carbonyl (C=O) groups is 1. The standard InChI is InChI=1S/C15H22N2O3/c1-15(2,3)20-14(19)17-10-4-5-13(18)12(7-10)11-6-9(11)8-16/h4-5,7,9,11,18H,6,8,16H2,1-3H3,(H,17,19)/t9-,11+/m0/s1. The molecule has 2 rings (SSSR count). The minimum Gasteiger partial charge on any atom is -0.508 e. The van der Waals surface area contributed by atoms with Crippen LogP contribution in [-0.2, 0) is 4.74 Å². The summed E-state index contributed by atoms with van der Waals surface area (Å²) in [6, 6.07) is 5.04. The lowest BCUT2D eigenvalue weighted by atomic mass is 10.1. The molecule has 1 amide bonds. The molecule has 1 fully saturated rings. The van der Waals surface area contributed by atoms with Crippen LogP contribution in [0.3, 0.4) is 0 Å². The lowest BCUT2D eigenvalue weighted by molar-refractivity contribution is 0.0636. The van der Waals surface area contributed by atoms with Crippen LogP contribution in [0.15, 0.2) is 18.2 Å². The van der Waals surface area contributed by atoms with Gasteiger partial charge in [-0.1, -0.05) is 0 Å². The number of hydrogen-bond acceptors (Lipinski definition) is 4. The SMILES string of the molecule is CC(C)(C)OC(=O)Nc1ccc(O)c([C@@H]2C[C@H]2CN)c1. The molecule has 0 aliphatic heterocycles. The molecule has 0 spiro atoms. The van der Waals surface area contributed by atoms with Crippen molar-refractivity contribution in [3.63, 3.8) is 0 Å². The quantitative estimate of drug-likeness (QED) is 0.742. The van der Waals surface area contributed by atoms with Crippen molar-refractivity contribution < 1.29 is 14.6 Å². The van der Waals surface area contributed by atoms with Gasteiger partial charge in [0.1, 0.15) is 11.4 Å². The number of rotatable bonds is 3. The Morgan fingerprint density at radius 2 is 2.20 bits per heavy atom. The van der Waals surface area contributed by atoms with Gasteiger partial charge < -0.3 is 15.6 Å². The molecule has 4 N–H and O–H groups in total. The van der Waals surface area contributed by atoms with Crippen molar-refractivity contribution in [3.05, 3.63) is 23.8 Å². The van der Waals surface area contributed by atoms with Gasteiger partial charge in [0, 0.05) is 5.69 Å². The number of aromatic hydroxyl groups is 1. The minimum absolute atomic E-state index is 0.251. The van der Waals surface area contributed by atoms with E-state index in [1.54, 1.807) is 18.2 Å². The van der Waals surface area contributed by atoms with E-state index in [1.165, 1.54) is 0 Å². The van der Waals surface area contributed by atoms with E-state index < -0.39 is 11.7 Å². The molecule has 1 saturated carbocycles. The van der Waals surface area contributed by atoms with Crippen LogP contribution >= 0.6 is 0 Å². The fraction of sp³-hybridized carbons (Fsp3) is 0.533. The van der Waals surface area contributed by atoms with Gasteiger partial charge in [0.25, 0.3) is 0 Å². The van der Waals surface area contributed by atoms with Crippen LogP contribution in [0.1, 0.15) is 38.7 Å². The van der Waals surface area contributed by atoms with E-state index in [1.807, 2.05) is 20.8 Å². The van der Waals surface area contributed by atoms with Crippen molar-refractivity contribution in [1.82, 2.24) is 0 Å². The van der Waals surface area contributed by atoms with Gasteiger partial charge in [-0.05, 0) is 69.3 Å². The molecule has 1 aromatic carbocycles. The highest BCUT2D eigenvalue weighted by atomic mass is 16.6. The number of phenols is 1. The van der Waals surface area contributed by atoms with Crippen LogP contribution in [-0.4, -0.2) is 23.3 Å². The Kier molecular flexibility index (Phi) is 3.90. The van der Waals surface area contributed by atoms with Gasteiger partial charge >= 0.3 is 6.09 Å². The average molecular weight is 278 g/mol. The predicted octanol–water partition coefficient (Wildman–Crippen LogP) is 2.80. The number of ether oxygens (including phenoxy) is 1. The number of hydrogen-bond donors (Lipinski definition) is 3. The summed E-state index contributed by atoms with van der Waals surface area (Å²) in [5, 5.41) is 12.6. The van der Waals surface area contributed by atoms with E-state index in [9.17, 15) is 9.90 Å². The van der Waals surface area contributed by atoms with E-state index in [0.717, 1.165) is 12.0 Å². The molecule has 0 heterocycles. The van der Waals surface area contributed by atoms with Gasteiger partial charge in [0.2, 0.25) is 0 Å². The van der Waals surface area contributed by atoms with Crippen molar-refractivity contribution in [3.8, 4) is 5.75 Å². The van der Waals surface area contributed by atoms with Crippen LogP contribution in [0.5, 0.6) is 5.75 Å². The van der Waals surface area contributed by atoms with Crippen molar-refractivity contribution in [1.29, 1.82) is 0 Å². The number of benzene rings is 1. The third-order valence-corrected chi connectivity index (χ3v) is 3.30. The summed E-state index contributed by atoms with van der Waals surface area (Å²) in [6.07, 6.45) is 0.486. The number of anilines is 1. The molecule has 0 unspecified atom stereocenters. The summed E-state index contributed by atoms with van der Waals surface area (Å²) in [5.74, 6) is 0.971. The number of nitrogens with two attached hydrogens (primary N) is 1. The van der Waals surface area contributed by atoms with Crippen LogP contribution in [0.25, 0.3) is 0 Å². The number of phenolic OH excluding ortho intramolecular Hbond substituents is 1. The van der Waals surface area contributed by atoms with E-state index in [0.29, 0.717) is 24.1 Å². The smallest absolute Gasteiger partial charge is 0.412 e. The zero-order chi connectivity index (χ0) is 14.9. The zero-order valence-electron chi connectivity index (χ0n) is 12.1. The summed E-state index contributed by atoms with van der Waals surface area (Å²) < 4.78 is 5.20. The van der Waals surface area contributed by atoms with E-state index >= 15 is 0 Å². The van der Waals surface area contributed by atoms with Gasteiger partial charge in [-0.3, -0.25) is 5.32 Å². The highest BCUT2D eigenvalue weighted by Crippen LogP contribution is 2.50. The Bertz CT molecular complexity index is 508. The second kappa shape index (κ2) is 5.32. The summed E-state index contributed by atoms with van der Waals surface area (Å²) in [4.78, 5) is 11.7. The van der Waals surface area contributed by atoms with E-state index in [-0.39, 0.29) is 5.75 Å². The Balaban J connectivity index is 2.06. The van der Waals surface area contributed by atoms with E-state index in [4.69, 9.17) is 10.5 Å². The molecule has 1 aliphatic rings. The van der Waals surface area contributed by atoms with Gasteiger partial charge in [-0.15, -0.1) is 0 Å². The van der Waals surface area contributed by atoms with Gasteiger partial charge in [0.05, 0.1) is 0 Å². The predicted molar refractivity (Wildman–Crippen MR) is 77.9 cm³/mol. The van der Waals surface area contributed by atoms with E-state index in [2.05, 4.69) is 5.32 Å². The fourth-order valence-corrected chi connectivity index (χ4v) is 2.24. The Morgan fingerprint density at radius 1 is 1.50 bits per heavy atom. The summed E-state index contributed by atoms with van der Waals surface area (Å²) in [6.45, 7) is 6.05. The van der Waals surface area contributed by atoms with Crippen LogP contribution in [0.2, 0.25) is 0 Å². The number of amides is 1. The second-order valence-electron chi connectivity index (χ2n) is 6.24. The maximum Gasteiger partial charge on any atom is 0.412 e. The maximum atomic E-state index is 11.7. The van der Waals surface area contributed by atoms with Crippen LogP contribution in [0, 0.1) is 5.92 Å². The van der Waals surface area contributed by atoms with Crippen LogP contribution < -0.4 is 11.1 Å². The van der Waals surface area contributed by atoms with Gasteiger partial charge in [0.15, 0.2) is 0 Å². The molecule has 0 bridgehead atoms. The normalized spacial score (nSPS) is 21.4. The third kappa shape index (κ3) is 3.63. The molecule has 2 atom stereocenters. The molecule has 20 heavy (non-hydrogen) atoms. The topological polar surface area (TPSA) is 84.6 Å². The Morgan fingerprint density at radius 3 is 2.75 bits per heavy atom. The Hall–Kier alpha value is -1.75. The Labute approximate surface area is 119 Å². The van der Waals surface area contributed by atoms with Crippen molar-refractivity contribution in [2.24, 2.45) is 11.7 Å². The van der Waals surface area contributed by atoms with Crippen molar-refractivity contribution in [2.45, 2.75) is 38.7 Å². The molecule has 1 aliphatic carbocycles. The molecule has 110 valence electrons. The van der Waals surface area contributed by atoms with Gasteiger partial charge in [-0.2, -0.15) is 0 Å². The second-order valence-corrected chi connectivity index (χ2v) is 6.24. The van der Waals surface area contributed by atoms with Crippen molar-refractivity contribution in [2.75, 3.05) is 11.9 Å². The fourth-order valence-electron chi connectivity index (χ4n) is 2.24. The third-order valence-electron chi connectivity index (χ3n) is 3.30. The molecular formula is C15H22N2O3. The number of carbonyl (C=O) groups excluding carboxylic acids is 1. The summed E-state index contributed by atoms with van der Waals surface area (Å²) in [7, 11) is 0. The first-order valence-electron chi connectivity index (χ1n) is 6.83. The molecule has 0 radical (unpaired) electrons.